The Morgan fingerprint density at radius 3 is 2.08 bits per heavy atom. The van der Waals surface area contributed by atoms with Gasteiger partial charge in [0, 0.05) is 0 Å². The summed E-state index contributed by atoms with van der Waals surface area (Å²) in [5.41, 5.74) is 2.43. The fourth-order valence-corrected chi connectivity index (χ4v) is 3.58. The van der Waals surface area contributed by atoms with Crippen LogP contribution in [-0.4, -0.2) is 20.7 Å². The van der Waals surface area contributed by atoms with Gasteiger partial charge in [-0.15, -0.1) is 0 Å². The number of hydrogen-bond acceptors (Lipinski definition) is 5. The van der Waals surface area contributed by atoms with Crippen LogP contribution >= 0.6 is 15.9 Å². The normalized spacial score (nSPS) is 11.3. The lowest BCUT2D eigenvalue weighted by Gasteiger charge is -2.07. The van der Waals surface area contributed by atoms with Crippen LogP contribution < -0.4 is 9.46 Å². The molecule has 0 atom stereocenters. The molecule has 0 amide bonds. The number of aromatic nitrogens is 1. The van der Waals surface area contributed by atoms with Crippen LogP contribution in [0.5, 0.6) is 5.75 Å². The van der Waals surface area contributed by atoms with E-state index < -0.39 is 10.0 Å². The van der Waals surface area contributed by atoms with Gasteiger partial charge in [0.25, 0.3) is 15.9 Å². The maximum absolute atomic E-state index is 12.5. The number of anilines is 1. The molecular weight excluding hydrogens is 408 g/mol. The summed E-state index contributed by atoms with van der Waals surface area (Å²) < 4.78 is 37.9. The number of rotatable bonds is 5. The average Bonchev–Trinajstić information content (AvgIpc) is 2.93. The Labute approximate surface area is 154 Å². The number of benzene rings is 2. The zero-order valence-electron chi connectivity index (χ0n) is 13.5. The second kappa shape index (κ2) is 6.89. The van der Waals surface area contributed by atoms with Crippen molar-refractivity contribution in [1.29, 1.82) is 0 Å². The van der Waals surface area contributed by atoms with Gasteiger partial charge in [0.1, 0.15) is 10.2 Å². The number of nitrogens with zero attached hydrogens (tertiary/aromatic N) is 1. The predicted octanol–water partition coefficient (Wildman–Crippen LogP) is 4.22. The average molecular weight is 423 g/mol. The molecule has 0 saturated heterocycles. The molecule has 3 aromatic rings. The quantitative estimate of drug-likeness (QED) is 0.665. The zero-order valence-corrected chi connectivity index (χ0v) is 15.9. The fraction of sp³-hybridized carbons (Fsp3) is 0.118. The van der Waals surface area contributed by atoms with Crippen molar-refractivity contribution in [3.8, 4) is 16.9 Å². The van der Waals surface area contributed by atoms with E-state index in [1.54, 1.807) is 38.3 Å². The summed E-state index contributed by atoms with van der Waals surface area (Å²) in [5.74, 6) is 0.816. The van der Waals surface area contributed by atoms with Gasteiger partial charge in [0.2, 0.25) is 0 Å². The van der Waals surface area contributed by atoms with Crippen LogP contribution in [0.15, 0.2) is 62.4 Å². The van der Waals surface area contributed by atoms with Crippen molar-refractivity contribution in [1.82, 2.24) is 5.16 Å². The third-order valence-corrected chi connectivity index (χ3v) is 5.89. The second-order valence-corrected chi connectivity index (χ2v) is 7.74. The van der Waals surface area contributed by atoms with E-state index in [2.05, 4.69) is 25.8 Å². The SMILES string of the molecule is COc1ccc(-c2ccc(S(=O)(=O)Nc3onc(C)c3Br)cc2)cc1. The lowest BCUT2D eigenvalue weighted by Crippen LogP contribution is -2.12. The molecule has 1 aromatic heterocycles. The van der Waals surface area contributed by atoms with Crippen LogP contribution in [0, 0.1) is 6.92 Å². The highest BCUT2D eigenvalue weighted by molar-refractivity contribution is 9.10. The molecule has 130 valence electrons. The van der Waals surface area contributed by atoms with Gasteiger partial charge in [0.15, 0.2) is 0 Å². The van der Waals surface area contributed by atoms with Crippen molar-refractivity contribution in [2.75, 3.05) is 11.8 Å². The van der Waals surface area contributed by atoms with Crippen molar-refractivity contribution >= 4 is 31.8 Å². The molecule has 0 bridgehead atoms. The molecule has 0 aliphatic carbocycles. The molecule has 8 heteroatoms. The van der Waals surface area contributed by atoms with Crippen LogP contribution in [0.25, 0.3) is 11.1 Å². The van der Waals surface area contributed by atoms with E-state index in [-0.39, 0.29) is 10.8 Å². The molecule has 2 aromatic carbocycles. The van der Waals surface area contributed by atoms with Gasteiger partial charge >= 0.3 is 0 Å². The number of nitrogens with one attached hydrogen (secondary N) is 1. The van der Waals surface area contributed by atoms with Crippen molar-refractivity contribution in [2.45, 2.75) is 11.8 Å². The van der Waals surface area contributed by atoms with Gasteiger partial charge in [-0.2, -0.15) is 0 Å². The number of methoxy groups -OCH3 is 1. The van der Waals surface area contributed by atoms with Gasteiger partial charge in [-0.25, -0.2) is 13.1 Å². The number of hydrogen-bond donors (Lipinski definition) is 1. The van der Waals surface area contributed by atoms with Crippen molar-refractivity contribution in [2.24, 2.45) is 0 Å². The highest BCUT2D eigenvalue weighted by Gasteiger charge is 2.19. The number of sulfonamides is 1. The molecule has 0 aliphatic heterocycles. The standard InChI is InChI=1S/C17H15BrN2O4S/c1-11-16(18)17(24-19-11)20-25(21,22)15-9-5-13(6-10-15)12-3-7-14(23-2)8-4-12/h3-10,20H,1-2H3. The molecular formula is C17H15BrN2O4S. The minimum atomic E-state index is -3.77. The first kappa shape index (κ1) is 17.5. The Balaban J connectivity index is 1.84. The molecule has 0 spiro atoms. The number of halogens is 1. The molecule has 1 N–H and O–H groups in total. The van der Waals surface area contributed by atoms with Crippen LogP contribution in [0.1, 0.15) is 5.69 Å². The van der Waals surface area contributed by atoms with Gasteiger partial charge in [-0.1, -0.05) is 29.4 Å². The molecule has 6 nitrogen and oxygen atoms in total. The Morgan fingerprint density at radius 2 is 1.60 bits per heavy atom. The van der Waals surface area contributed by atoms with E-state index in [0.29, 0.717) is 10.2 Å². The van der Waals surface area contributed by atoms with Gasteiger partial charge in [-0.05, 0) is 58.2 Å². The zero-order chi connectivity index (χ0) is 18.0. The maximum Gasteiger partial charge on any atom is 0.264 e. The Kier molecular flexibility index (Phi) is 4.82. The van der Waals surface area contributed by atoms with Crippen molar-refractivity contribution in [3.63, 3.8) is 0 Å². The molecule has 0 unspecified atom stereocenters. The number of aryl methyl sites for hydroxylation is 1. The molecule has 0 aliphatic rings. The molecule has 0 saturated carbocycles. The van der Waals surface area contributed by atoms with E-state index in [1.807, 2.05) is 24.3 Å². The lowest BCUT2D eigenvalue weighted by atomic mass is 10.1. The third kappa shape index (κ3) is 3.69. The van der Waals surface area contributed by atoms with Crippen LogP contribution in [0.3, 0.4) is 0 Å². The van der Waals surface area contributed by atoms with E-state index in [4.69, 9.17) is 9.26 Å². The van der Waals surface area contributed by atoms with E-state index in [0.717, 1.165) is 16.9 Å². The van der Waals surface area contributed by atoms with Crippen LogP contribution in [0.2, 0.25) is 0 Å². The molecule has 0 fully saturated rings. The topological polar surface area (TPSA) is 81.4 Å². The van der Waals surface area contributed by atoms with E-state index >= 15 is 0 Å². The summed E-state index contributed by atoms with van der Waals surface area (Å²) >= 11 is 3.24. The largest absolute Gasteiger partial charge is 0.497 e. The summed E-state index contributed by atoms with van der Waals surface area (Å²) in [7, 11) is -2.16. The van der Waals surface area contributed by atoms with Crippen LogP contribution in [-0.2, 0) is 10.0 Å². The minimum Gasteiger partial charge on any atom is -0.497 e. The van der Waals surface area contributed by atoms with E-state index in [9.17, 15) is 8.42 Å². The summed E-state index contributed by atoms with van der Waals surface area (Å²) in [6.07, 6.45) is 0. The highest BCUT2D eigenvalue weighted by Crippen LogP contribution is 2.29. The molecule has 3 rings (SSSR count). The van der Waals surface area contributed by atoms with Crippen molar-refractivity contribution < 1.29 is 17.7 Å². The number of ether oxygens (including phenoxy) is 1. The fourth-order valence-electron chi connectivity index (χ4n) is 2.21. The van der Waals surface area contributed by atoms with Crippen molar-refractivity contribution in [3.05, 3.63) is 58.7 Å². The lowest BCUT2D eigenvalue weighted by molar-refractivity contribution is 0.415. The van der Waals surface area contributed by atoms with Gasteiger partial charge < -0.3 is 9.26 Å². The molecule has 25 heavy (non-hydrogen) atoms. The first-order valence-electron chi connectivity index (χ1n) is 7.30. The Bertz CT molecular complexity index is 980. The summed E-state index contributed by atoms with van der Waals surface area (Å²) in [6.45, 7) is 1.70. The third-order valence-electron chi connectivity index (χ3n) is 3.61. The molecule has 0 radical (unpaired) electrons. The first-order chi connectivity index (χ1) is 11.9. The predicted molar refractivity (Wildman–Crippen MR) is 98.2 cm³/mol. The Morgan fingerprint density at radius 1 is 1.04 bits per heavy atom. The maximum atomic E-state index is 12.5. The monoisotopic (exact) mass is 422 g/mol. The first-order valence-corrected chi connectivity index (χ1v) is 9.57. The summed E-state index contributed by atoms with van der Waals surface area (Å²) in [4.78, 5) is 0.130. The smallest absolute Gasteiger partial charge is 0.264 e. The summed E-state index contributed by atoms with van der Waals surface area (Å²) in [6, 6.07) is 14.1. The summed E-state index contributed by atoms with van der Waals surface area (Å²) in [5, 5.41) is 3.70. The van der Waals surface area contributed by atoms with Gasteiger partial charge in [-0.3, -0.25) is 0 Å². The highest BCUT2D eigenvalue weighted by atomic mass is 79.9. The van der Waals surface area contributed by atoms with Crippen LogP contribution in [0.4, 0.5) is 5.88 Å². The second-order valence-electron chi connectivity index (χ2n) is 5.27. The van der Waals surface area contributed by atoms with Gasteiger partial charge in [0.05, 0.1) is 17.7 Å². The van der Waals surface area contributed by atoms with E-state index in [1.165, 1.54) is 0 Å². The minimum absolute atomic E-state index is 0.0525. The Hall–Kier alpha value is -2.32. The molecule has 1 heterocycles.